The zero-order valence-corrected chi connectivity index (χ0v) is 12.8. The molecule has 1 aromatic rings. The molecule has 1 rings (SSSR count). The lowest BCUT2D eigenvalue weighted by Crippen LogP contribution is -2.47. The Balaban J connectivity index is 0. The van der Waals surface area contributed by atoms with Gasteiger partial charge in [0.2, 0.25) is 5.91 Å². The average Bonchev–Trinajstić information content (AvgIpc) is 2.51. The minimum Gasteiger partial charge on any atom is -0.343 e. The molecular weight excluding hydrogens is 281 g/mol. The Bertz CT molecular complexity index is 366. The van der Waals surface area contributed by atoms with Crippen LogP contribution in [0.5, 0.6) is 0 Å². The van der Waals surface area contributed by atoms with Crippen molar-refractivity contribution in [3.8, 4) is 0 Å². The van der Waals surface area contributed by atoms with E-state index in [1.807, 2.05) is 20.8 Å². The monoisotopic (exact) mass is 299 g/mol. The van der Waals surface area contributed by atoms with E-state index in [1.165, 1.54) is 0 Å². The second-order valence-electron chi connectivity index (χ2n) is 4.18. The van der Waals surface area contributed by atoms with Crippen molar-refractivity contribution in [3.63, 3.8) is 0 Å². The van der Waals surface area contributed by atoms with E-state index < -0.39 is 11.6 Å². The number of hydrogen-bond acceptors (Lipinski definition) is 4. The maximum absolute atomic E-state index is 11.5. The smallest absolute Gasteiger partial charge is 0.237 e. The number of carbonyl (C=O) groups excluding carboxylic acids is 1. The molecule has 0 saturated carbocycles. The van der Waals surface area contributed by atoms with Gasteiger partial charge in [0.15, 0.2) is 0 Å². The first-order valence-corrected chi connectivity index (χ1v) is 5.65. The number of halogens is 2. The highest BCUT2D eigenvalue weighted by molar-refractivity contribution is 7.11. The molecule has 0 aromatic carbocycles. The zero-order valence-electron chi connectivity index (χ0n) is 10.3. The summed E-state index contributed by atoms with van der Waals surface area (Å²) < 4.78 is 0. The molecule has 0 aliphatic heterocycles. The van der Waals surface area contributed by atoms with Crippen molar-refractivity contribution in [2.75, 3.05) is 0 Å². The molecule has 1 heterocycles. The molecule has 4 nitrogen and oxygen atoms in total. The van der Waals surface area contributed by atoms with Crippen molar-refractivity contribution in [1.29, 1.82) is 0 Å². The molecule has 1 unspecified atom stereocenters. The zero-order chi connectivity index (χ0) is 11.6. The van der Waals surface area contributed by atoms with Crippen LogP contribution in [0.4, 0.5) is 0 Å². The maximum atomic E-state index is 11.5. The molecule has 3 N–H and O–H groups in total. The number of hydrogen-bond donors (Lipinski definition) is 2. The van der Waals surface area contributed by atoms with E-state index in [2.05, 4.69) is 10.3 Å². The van der Waals surface area contributed by atoms with Crippen molar-refractivity contribution >= 4 is 42.1 Å². The number of nitrogens with zero attached hydrogens (tertiary/aromatic N) is 1. The molecule has 0 radical (unpaired) electrons. The summed E-state index contributed by atoms with van der Waals surface area (Å²) >= 11 is 1.58. The molecule has 17 heavy (non-hydrogen) atoms. The third-order valence-electron chi connectivity index (χ3n) is 2.01. The number of amides is 1. The Kier molecular flexibility index (Phi) is 8.00. The van der Waals surface area contributed by atoms with E-state index in [0.717, 1.165) is 9.88 Å². The molecule has 100 valence electrons. The van der Waals surface area contributed by atoms with Gasteiger partial charge in [0.25, 0.3) is 0 Å². The van der Waals surface area contributed by atoms with E-state index in [-0.39, 0.29) is 30.7 Å². The standard InChI is InChI=1S/C10H17N3OS.2ClH/c1-6-5-12-9(15-6)10(3,4)13-8(14)7(2)11;;/h5,7H,11H2,1-4H3,(H,13,14);2*1H. The summed E-state index contributed by atoms with van der Waals surface area (Å²) in [5, 5.41) is 3.77. The van der Waals surface area contributed by atoms with E-state index in [1.54, 1.807) is 24.5 Å². The van der Waals surface area contributed by atoms with Gasteiger partial charge in [0.05, 0.1) is 11.6 Å². The minimum atomic E-state index is -0.495. The molecule has 0 saturated heterocycles. The fourth-order valence-corrected chi connectivity index (χ4v) is 1.94. The first-order valence-electron chi connectivity index (χ1n) is 4.83. The highest BCUT2D eigenvalue weighted by atomic mass is 35.5. The van der Waals surface area contributed by atoms with Crippen molar-refractivity contribution in [1.82, 2.24) is 10.3 Å². The molecule has 0 bridgehead atoms. The number of aryl methyl sites for hydroxylation is 1. The lowest BCUT2D eigenvalue weighted by atomic mass is 10.1. The summed E-state index contributed by atoms with van der Waals surface area (Å²) in [7, 11) is 0. The van der Waals surface area contributed by atoms with E-state index in [0.29, 0.717) is 0 Å². The van der Waals surface area contributed by atoms with Crippen LogP contribution in [0.1, 0.15) is 30.7 Å². The van der Waals surface area contributed by atoms with Crippen molar-refractivity contribution in [2.45, 2.75) is 39.3 Å². The highest BCUT2D eigenvalue weighted by Crippen LogP contribution is 2.24. The number of nitrogens with two attached hydrogens (primary N) is 1. The summed E-state index contributed by atoms with van der Waals surface area (Å²) in [4.78, 5) is 16.9. The fourth-order valence-electron chi connectivity index (χ4n) is 1.12. The Morgan fingerprint density at radius 2 is 2.06 bits per heavy atom. The summed E-state index contributed by atoms with van der Waals surface area (Å²) in [6.45, 7) is 7.50. The second-order valence-corrected chi connectivity index (χ2v) is 5.41. The first-order chi connectivity index (χ1) is 6.83. The Morgan fingerprint density at radius 3 is 2.41 bits per heavy atom. The van der Waals surface area contributed by atoms with E-state index in [4.69, 9.17) is 5.73 Å². The lowest BCUT2D eigenvalue weighted by Gasteiger charge is -2.24. The van der Waals surface area contributed by atoms with Crippen LogP contribution in [0.25, 0.3) is 0 Å². The van der Waals surface area contributed by atoms with Crippen LogP contribution in [0.2, 0.25) is 0 Å². The number of carbonyl (C=O) groups is 1. The molecule has 0 aliphatic carbocycles. The van der Waals surface area contributed by atoms with E-state index in [9.17, 15) is 4.79 Å². The largest absolute Gasteiger partial charge is 0.343 e. The van der Waals surface area contributed by atoms with Crippen molar-refractivity contribution in [2.24, 2.45) is 5.73 Å². The quantitative estimate of drug-likeness (QED) is 0.897. The van der Waals surface area contributed by atoms with Gasteiger partial charge in [-0.1, -0.05) is 0 Å². The molecule has 1 aromatic heterocycles. The van der Waals surface area contributed by atoms with Crippen LogP contribution < -0.4 is 11.1 Å². The molecular formula is C10H19Cl2N3OS. The van der Waals surface area contributed by atoms with Crippen molar-refractivity contribution in [3.05, 3.63) is 16.1 Å². The molecule has 0 spiro atoms. The summed E-state index contributed by atoms with van der Waals surface area (Å²) in [5.74, 6) is -0.159. The van der Waals surface area contributed by atoms with Gasteiger partial charge in [-0.05, 0) is 27.7 Å². The van der Waals surface area contributed by atoms with Gasteiger partial charge < -0.3 is 11.1 Å². The van der Waals surface area contributed by atoms with Crippen LogP contribution in [-0.4, -0.2) is 16.9 Å². The molecule has 0 aliphatic rings. The average molecular weight is 300 g/mol. The van der Waals surface area contributed by atoms with Gasteiger partial charge in [0, 0.05) is 11.1 Å². The van der Waals surface area contributed by atoms with E-state index >= 15 is 0 Å². The number of rotatable bonds is 3. The molecule has 7 heteroatoms. The van der Waals surface area contributed by atoms with Gasteiger partial charge >= 0.3 is 0 Å². The van der Waals surface area contributed by atoms with Crippen LogP contribution in [0.3, 0.4) is 0 Å². The topological polar surface area (TPSA) is 68.0 Å². The SMILES string of the molecule is Cc1cnc(C(C)(C)NC(=O)C(C)N)s1.Cl.Cl. The molecule has 1 atom stereocenters. The van der Waals surface area contributed by atoms with Gasteiger partial charge in [-0.2, -0.15) is 0 Å². The first kappa shape index (κ1) is 19.0. The summed E-state index contributed by atoms with van der Waals surface area (Å²) in [6.07, 6.45) is 1.81. The van der Waals surface area contributed by atoms with Gasteiger partial charge in [-0.3, -0.25) is 4.79 Å². The summed E-state index contributed by atoms with van der Waals surface area (Å²) in [5.41, 5.74) is 5.04. The predicted octanol–water partition coefficient (Wildman–Crippen LogP) is 1.99. The molecule has 0 fully saturated rings. The third-order valence-corrected chi connectivity index (χ3v) is 3.24. The summed E-state index contributed by atoms with van der Waals surface area (Å²) in [6, 6.07) is -0.495. The number of thiazole rings is 1. The van der Waals surface area contributed by atoms with Crippen LogP contribution in [0.15, 0.2) is 6.20 Å². The fraction of sp³-hybridized carbons (Fsp3) is 0.600. The molecule has 1 amide bonds. The maximum Gasteiger partial charge on any atom is 0.237 e. The van der Waals surface area contributed by atoms with Gasteiger partial charge in [-0.25, -0.2) is 4.98 Å². The predicted molar refractivity (Wildman–Crippen MR) is 76.2 cm³/mol. The normalized spacial score (nSPS) is 12.1. The number of nitrogens with one attached hydrogen (secondary N) is 1. The highest BCUT2D eigenvalue weighted by Gasteiger charge is 2.26. The van der Waals surface area contributed by atoms with Crippen LogP contribution in [0, 0.1) is 6.92 Å². The van der Waals surface area contributed by atoms with Crippen LogP contribution in [-0.2, 0) is 10.3 Å². The van der Waals surface area contributed by atoms with Gasteiger partial charge in [-0.15, -0.1) is 36.2 Å². The number of aromatic nitrogens is 1. The lowest BCUT2D eigenvalue weighted by molar-refractivity contribution is -0.123. The van der Waals surface area contributed by atoms with Crippen molar-refractivity contribution < 1.29 is 4.79 Å². The second kappa shape index (κ2) is 7.16. The Labute approximate surface area is 118 Å². The Hall–Kier alpha value is -0.360. The van der Waals surface area contributed by atoms with Crippen LogP contribution >= 0.6 is 36.2 Å². The minimum absolute atomic E-state index is 0. The third kappa shape index (κ3) is 5.21. The van der Waals surface area contributed by atoms with Gasteiger partial charge in [0.1, 0.15) is 5.01 Å². The Morgan fingerprint density at radius 1 is 1.53 bits per heavy atom.